The van der Waals surface area contributed by atoms with Crippen molar-refractivity contribution in [3.05, 3.63) is 35.4 Å². The highest BCUT2D eigenvalue weighted by molar-refractivity contribution is 5.75. The third kappa shape index (κ3) is 2.51. The van der Waals surface area contributed by atoms with Crippen LogP contribution in [0.2, 0.25) is 0 Å². The molecule has 0 radical (unpaired) electrons. The highest BCUT2D eigenvalue weighted by atomic mass is 19.1. The number of nitrogens with one attached hydrogen (secondary N) is 1. The van der Waals surface area contributed by atoms with Gasteiger partial charge in [0.15, 0.2) is 0 Å². The number of hydrogen-bond donors (Lipinski definition) is 2. The predicted molar refractivity (Wildman–Crippen MR) is 62.2 cm³/mol. The molecule has 1 aliphatic rings. The van der Waals surface area contributed by atoms with Crippen LogP contribution in [0.1, 0.15) is 18.4 Å². The molecule has 1 fully saturated rings. The number of hydrogen-bond acceptors (Lipinski definition) is 2. The Morgan fingerprint density at radius 2 is 2.00 bits per heavy atom. The summed E-state index contributed by atoms with van der Waals surface area (Å²) >= 11 is 0. The van der Waals surface area contributed by atoms with E-state index in [9.17, 15) is 18.7 Å². The number of rotatable bonds is 3. The number of aliphatic carboxylic acids is 1. The summed E-state index contributed by atoms with van der Waals surface area (Å²) in [5.74, 6) is -2.02. The lowest BCUT2D eigenvalue weighted by Crippen LogP contribution is -2.43. The molecule has 98 valence electrons. The van der Waals surface area contributed by atoms with Gasteiger partial charge in [-0.1, -0.05) is 0 Å². The highest BCUT2D eigenvalue weighted by Gasteiger charge is 2.40. The van der Waals surface area contributed by atoms with Gasteiger partial charge in [0, 0.05) is 0 Å². The van der Waals surface area contributed by atoms with Crippen molar-refractivity contribution in [2.75, 3.05) is 13.1 Å². The van der Waals surface area contributed by atoms with Crippen LogP contribution in [-0.2, 0) is 11.2 Å². The number of carboxylic acids is 1. The third-order valence-corrected chi connectivity index (χ3v) is 3.55. The van der Waals surface area contributed by atoms with Crippen molar-refractivity contribution in [2.24, 2.45) is 5.41 Å². The van der Waals surface area contributed by atoms with Gasteiger partial charge in [-0.15, -0.1) is 0 Å². The minimum Gasteiger partial charge on any atom is -0.481 e. The topological polar surface area (TPSA) is 49.3 Å². The first-order valence-corrected chi connectivity index (χ1v) is 5.92. The van der Waals surface area contributed by atoms with Crippen molar-refractivity contribution in [3.63, 3.8) is 0 Å². The Bertz CT molecular complexity index is 456. The maximum absolute atomic E-state index is 13.6. The minimum atomic E-state index is -0.986. The van der Waals surface area contributed by atoms with Crippen LogP contribution >= 0.6 is 0 Å². The third-order valence-electron chi connectivity index (χ3n) is 3.55. The number of carbonyl (C=O) groups is 1. The van der Waals surface area contributed by atoms with Gasteiger partial charge in [-0.3, -0.25) is 4.79 Å². The standard InChI is InChI=1S/C13H15F2NO2/c14-10-1-2-11(15)9(7-10)8-13(12(17)18)3-5-16-6-4-13/h1-2,7,16H,3-6,8H2,(H,17,18). The van der Waals surface area contributed by atoms with Crippen LogP contribution < -0.4 is 5.32 Å². The van der Waals surface area contributed by atoms with E-state index in [0.717, 1.165) is 18.2 Å². The van der Waals surface area contributed by atoms with Crippen LogP contribution in [0.15, 0.2) is 18.2 Å². The molecule has 0 saturated carbocycles. The summed E-state index contributed by atoms with van der Waals surface area (Å²) in [6.45, 7) is 1.17. The Balaban J connectivity index is 2.28. The number of piperidine rings is 1. The van der Waals surface area contributed by atoms with Crippen molar-refractivity contribution in [1.82, 2.24) is 5.32 Å². The zero-order valence-electron chi connectivity index (χ0n) is 9.88. The molecule has 0 bridgehead atoms. The van der Waals surface area contributed by atoms with Gasteiger partial charge in [-0.2, -0.15) is 0 Å². The lowest BCUT2D eigenvalue weighted by molar-refractivity contribution is -0.150. The van der Waals surface area contributed by atoms with E-state index in [2.05, 4.69) is 5.32 Å². The molecular weight excluding hydrogens is 240 g/mol. The SMILES string of the molecule is O=C(O)C1(Cc2cc(F)ccc2F)CCNCC1. The molecule has 0 unspecified atom stereocenters. The summed E-state index contributed by atoms with van der Waals surface area (Å²) in [7, 11) is 0. The molecule has 3 nitrogen and oxygen atoms in total. The van der Waals surface area contributed by atoms with Crippen molar-refractivity contribution in [2.45, 2.75) is 19.3 Å². The molecule has 18 heavy (non-hydrogen) atoms. The van der Waals surface area contributed by atoms with E-state index in [1.807, 2.05) is 0 Å². The fourth-order valence-electron chi connectivity index (χ4n) is 2.41. The van der Waals surface area contributed by atoms with E-state index in [1.165, 1.54) is 0 Å². The molecule has 1 aromatic rings. The van der Waals surface area contributed by atoms with Gasteiger partial charge in [-0.05, 0) is 56.1 Å². The summed E-state index contributed by atoms with van der Waals surface area (Å²) < 4.78 is 26.7. The largest absolute Gasteiger partial charge is 0.481 e. The highest BCUT2D eigenvalue weighted by Crippen LogP contribution is 2.34. The summed E-state index contributed by atoms with van der Waals surface area (Å²) in [6, 6.07) is 3.16. The number of carboxylic acid groups (broad SMARTS) is 1. The summed E-state index contributed by atoms with van der Waals surface area (Å²) in [6.07, 6.45) is 0.893. The number of benzene rings is 1. The molecule has 0 spiro atoms. The maximum Gasteiger partial charge on any atom is 0.310 e. The first-order valence-electron chi connectivity index (χ1n) is 5.92. The molecule has 0 aromatic heterocycles. The molecular formula is C13H15F2NO2. The van der Waals surface area contributed by atoms with Crippen LogP contribution in [0.4, 0.5) is 8.78 Å². The molecule has 0 amide bonds. The zero-order chi connectivity index (χ0) is 13.2. The molecule has 2 N–H and O–H groups in total. The van der Waals surface area contributed by atoms with Gasteiger partial charge in [-0.25, -0.2) is 8.78 Å². The van der Waals surface area contributed by atoms with Crippen molar-refractivity contribution < 1.29 is 18.7 Å². The first-order chi connectivity index (χ1) is 8.53. The van der Waals surface area contributed by atoms with E-state index < -0.39 is 23.0 Å². The van der Waals surface area contributed by atoms with Crippen LogP contribution in [0.3, 0.4) is 0 Å². The summed E-state index contributed by atoms with van der Waals surface area (Å²) in [5, 5.41) is 12.4. The van der Waals surface area contributed by atoms with E-state index >= 15 is 0 Å². The first kappa shape index (κ1) is 13.0. The van der Waals surface area contributed by atoms with Crippen molar-refractivity contribution >= 4 is 5.97 Å². The second-order valence-corrected chi connectivity index (χ2v) is 4.75. The molecule has 2 rings (SSSR count). The normalized spacial score (nSPS) is 18.6. The molecule has 0 aliphatic carbocycles. The number of halogens is 2. The van der Waals surface area contributed by atoms with Crippen molar-refractivity contribution in [1.29, 1.82) is 0 Å². The fourth-order valence-corrected chi connectivity index (χ4v) is 2.41. The lowest BCUT2D eigenvalue weighted by Gasteiger charge is -2.33. The quantitative estimate of drug-likeness (QED) is 0.868. The molecule has 1 aliphatic heterocycles. The van der Waals surface area contributed by atoms with E-state index in [1.54, 1.807) is 0 Å². The molecule has 1 aromatic carbocycles. The van der Waals surface area contributed by atoms with Gasteiger partial charge < -0.3 is 10.4 Å². The van der Waals surface area contributed by atoms with Gasteiger partial charge >= 0.3 is 5.97 Å². The second kappa shape index (κ2) is 5.02. The summed E-state index contributed by atoms with van der Waals surface area (Å²) in [4.78, 5) is 11.4. The average Bonchev–Trinajstić information content (AvgIpc) is 2.35. The molecule has 1 saturated heterocycles. The Labute approximate surface area is 104 Å². The van der Waals surface area contributed by atoms with Crippen LogP contribution in [0, 0.1) is 17.0 Å². The summed E-state index contributed by atoms with van der Waals surface area (Å²) in [5.41, 5.74) is -0.848. The lowest BCUT2D eigenvalue weighted by atomic mass is 9.74. The van der Waals surface area contributed by atoms with Gasteiger partial charge in [0.1, 0.15) is 11.6 Å². The maximum atomic E-state index is 13.6. The van der Waals surface area contributed by atoms with Gasteiger partial charge in [0.2, 0.25) is 0 Å². The van der Waals surface area contributed by atoms with Crippen LogP contribution in [0.5, 0.6) is 0 Å². The molecule has 0 atom stereocenters. The minimum absolute atomic E-state index is 0.0353. The van der Waals surface area contributed by atoms with Gasteiger partial charge in [0.05, 0.1) is 5.41 Å². The fraction of sp³-hybridized carbons (Fsp3) is 0.462. The predicted octanol–water partition coefficient (Wildman–Crippen LogP) is 1.96. The Morgan fingerprint density at radius 1 is 1.33 bits per heavy atom. The average molecular weight is 255 g/mol. The molecule has 1 heterocycles. The van der Waals surface area contributed by atoms with E-state index in [4.69, 9.17) is 0 Å². The Morgan fingerprint density at radius 3 is 2.61 bits per heavy atom. The van der Waals surface area contributed by atoms with E-state index in [-0.39, 0.29) is 12.0 Å². The monoisotopic (exact) mass is 255 g/mol. The van der Waals surface area contributed by atoms with Crippen LogP contribution in [0.25, 0.3) is 0 Å². The molecule has 5 heteroatoms. The van der Waals surface area contributed by atoms with E-state index in [0.29, 0.717) is 25.9 Å². The Kier molecular flexibility index (Phi) is 3.61. The smallest absolute Gasteiger partial charge is 0.310 e. The van der Waals surface area contributed by atoms with Crippen LogP contribution in [-0.4, -0.2) is 24.2 Å². The van der Waals surface area contributed by atoms with Crippen molar-refractivity contribution in [3.8, 4) is 0 Å². The second-order valence-electron chi connectivity index (χ2n) is 4.75. The Hall–Kier alpha value is -1.49. The van der Waals surface area contributed by atoms with Gasteiger partial charge in [0.25, 0.3) is 0 Å². The zero-order valence-corrected chi connectivity index (χ0v) is 9.88.